The first kappa shape index (κ1) is 14.4. The fourth-order valence-electron chi connectivity index (χ4n) is 2.33. The van der Waals surface area contributed by atoms with Crippen molar-refractivity contribution >= 4 is 0 Å². The second-order valence-electron chi connectivity index (χ2n) is 5.27. The number of nitrogens with zero attached hydrogens (tertiary/aromatic N) is 9. The minimum Gasteiger partial charge on any atom is -0.272 e. The van der Waals surface area contributed by atoms with Crippen molar-refractivity contribution in [2.75, 3.05) is 0 Å². The topological polar surface area (TPSA) is 92.1 Å². The summed E-state index contributed by atoms with van der Waals surface area (Å²) in [6.07, 6.45) is 4.13. The Morgan fingerprint density at radius 2 is 1.86 bits per heavy atom. The van der Waals surface area contributed by atoms with Gasteiger partial charge < -0.3 is 0 Å². The molecule has 0 atom stereocenters. The summed E-state index contributed by atoms with van der Waals surface area (Å²) in [5.41, 5.74) is 2.23. The Kier molecular flexibility index (Phi) is 3.94. The third-order valence-corrected chi connectivity index (χ3v) is 3.40. The molecule has 22 heavy (non-hydrogen) atoms. The van der Waals surface area contributed by atoms with Gasteiger partial charge in [-0.25, -0.2) is 4.98 Å². The van der Waals surface area contributed by atoms with E-state index in [0.717, 1.165) is 24.4 Å². The van der Waals surface area contributed by atoms with Crippen LogP contribution in [0.15, 0.2) is 12.4 Å². The molecule has 0 amide bonds. The highest BCUT2D eigenvalue weighted by atomic mass is 15.6. The van der Waals surface area contributed by atoms with Crippen LogP contribution in [0.4, 0.5) is 0 Å². The predicted molar refractivity (Wildman–Crippen MR) is 77.9 cm³/mol. The van der Waals surface area contributed by atoms with Gasteiger partial charge in [0.05, 0.1) is 12.7 Å². The lowest BCUT2D eigenvalue weighted by Crippen LogP contribution is -2.05. The van der Waals surface area contributed by atoms with Crippen molar-refractivity contribution in [3.63, 3.8) is 0 Å². The van der Waals surface area contributed by atoms with Crippen molar-refractivity contribution < 1.29 is 0 Å². The third-order valence-electron chi connectivity index (χ3n) is 3.40. The number of aryl methyl sites for hydroxylation is 7. The first-order chi connectivity index (χ1) is 10.6. The summed E-state index contributed by atoms with van der Waals surface area (Å²) >= 11 is 0. The summed E-state index contributed by atoms with van der Waals surface area (Å²) in [5.74, 6) is 1.55. The summed E-state index contributed by atoms with van der Waals surface area (Å²) in [5, 5.41) is 20.7. The van der Waals surface area contributed by atoms with Crippen LogP contribution >= 0.6 is 0 Å². The molecule has 3 rings (SSSR count). The van der Waals surface area contributed by atoms with Crippen molar-refractivity contribution in [2.45, 2.75) is 32.7 Å². The van der Waals surface area contributed by atoms with Crippen molar-refractivity contribution in [3.8, 4) is 0 Å². The summed E-state index contributed by atoms with van der Waals surface area (Å²) in [6.45, 7) is 2.69. The Morgan fingerprint density at radius 1 is 1.00 bits per heavy atom. The summed E-state index contributed by atoms with van der Waals surface area (Å²) in [6, 6.07) is 2.09. The van der Waals surface area contributed by atoms with Crippen LogP contribution in [-0.4, -0.2) is 44.8 Å². The van der Waals surface area contributed by atoms with Crippen LogP contribution in [0.2, 0.25) is 0 Å². The van der Waals surface area contributed by atoms with Gasteiger partial charge in [-0.1, -0.05) is 0 Å². The van der Waals surface area contributed by atoms with Crippen molar-refractivity contribution in [3.05, 3.63) is 35.4 Å². The Labute approximate surface area is 128 Å². The van der Waals surface area contributed by atoms with E-state index in [1.165, 1.54) is 10.5 Å². The molecule has 0 aromatic carbocycles. The fraction of sp³-hybridized carbons (Fsp3) is 0.538. The maximum Gasteiger partial charge on any atom is 0.176 e. The molecular formula is C13H19N9. The molecule has 0 aliphatic carbocycles. The van der Waals surface area contributed by atoms with Crippen LogP contribution in [-0.2, 0) is 39.9 Å². The zero-order valence-electron chi connectivity index (χ0n) is 13.0. The second kappa shape index (κ2) is 6.04. The molecule has 3 aromatic heterocycles. The molecule has 0 saturated heterocycles. The number of tetrazole rings is 1. The van der Waals surface area contributed by atoms with E-state index >= 15 is 0 Å². The molecule has 0 aliphatic heterocycles. The lowest BCUT2D eigenvalue weighted by molar-refractivity contribution is 0.584. The molecule has 0 N–H and O–H groups in total. The number of hydrogen-bond donors (Lipinski definition) is 0. The Hall–Kier alpha value is -2.58. The number of aromatic nitrogens is 9. The van der Waals surface area contributed by atoms with E-state index in [1.54, 1.807) is 13.4 Å². The Morgan fingerprint density at radius 3 is 2.55 bits per heavy atom. The molecule has 0 spiro atoms. The van der Waals surface area contributed by atoms with Gasteiger partial charge in [0.15, 0.2) is 11.6 Å². The molecule has 0 fully saturated rings. The predicted octanol–water partition coefficient (Wildman–Crippen LogP) is -0.129. The van der Waals surface area contributed by atoms with E-state index in [-0.39, 0.29) is 0 Å². The van der Waals surface area contributed by atoms with Gasteiger partial charge in [0.1, 0.15) is 6.33 Å². The van der Waals surface area contributed by atoms with Crippen LogP contribution in [0, 0.1) is 6.92 Å². The number of rotatable bonds is 6. The summed E-state index contributed by atoms with van der Waals surface area (Å²) < 4.78 is 3.73. The van der Waals surface area contributed by atoms with Crippen molar-refractivity contribution in [1.29, 1.82) is 0 Å². The van der Waals surface area contributed by atoms with Gasteiger partial charge in [-0.15, -0.1) is 10.2 Å². The lowest BCUT2D eigenvalue weighted by Gasteiger charge is -1.99. The highest BCUT2D eigenvalue weighted by Crippen LogP contribution is 2.05. The van der Waals surface area contributed by atoms with E-state index in [2.05, 4.69) is 36.7 Å². The molecule has 3 aromatic rings. The van der Waals surface area contributed by atoms with Gasteiger partial charge in [-0.3, -0.25) is 9.36 Å². The van der Waals surface area contributed by atoms with E-state index in [9.17, 15) is 0 Å². The Balaban J connectivity index is 1.53. The molecule has 0 bridgehead atoms. The van der Waals surface area contributed by atoms with E-state index in [0.29, 0.717) is 18.8 Å². The molecule has 0 radical (unpaired) electrons. The molecule has 0 unspecified atom stereocenters. The maximum absolute atomic E-state index is 4.48. The first-order valence-corrected chi connectivity index (χ1v) is 7.21. The Bertz CT molecular complexity index is 751. The van der Waals surface area contributed by atoms with Gasteiger partial charge in [0, 0.05) is 32.1 Å². The van der Waals surface area contributed by atoms with E-state index < -0.39 is 0 Å². The van der Waals surface area contributed by atoms with Gasteiger partial charge in [-0.05, 0) is 24.6 Å². The lowest BCUT2D eigenvalue weighted by atomic mass is 10.2. The van der Waals surface area contributed by atoms with Crippen LogP contribution in [0.25, 0.3) is 0 Å². The quantitative estimate of drug-likeness (QED) is 0.630. The van der Waals surface area contributed by atoms with Crippen LogP contribution in [0.1, 0.15) is 23.0 Å². The van der Waals surface area contributed by atoms with E-state index in [1.807, 2.05) is 23.3 Å². The first-order valence-electron chi connectivity index (χ1n) is 7.21. The number of hydrogen-bond acceptors (Lipinski definition) is 6. The van der Waals surface area contributed by atoms with Gasteiger partial charge >= 0.3 is 0 Å². The monoisotopic (exact) mass is 301 g/mol. The van der Waals surface area contributed by atoms with Gasteiger partial charge in [-0.2, -0.15) is 15.0 Å². The minimum atomic E-state index is 0.692. The third kappa shape index (κ3) is 3.35. The van der Waals surface area contributed by atoms with Crippen molar-refractivity contribution in [2.24, 2.45) is 14.1 Å². The molecule has 3 heterocycles. The molecular weight excluding hydrogens is 282 g/mol. The normalized spacial score (nSPS) is 11.2. The summed E-state index contributed by atoms with van der Waals surface area (Å²) in [4.78, 5) is 5.80. The molecule has 116 valence electrons. The average molecular weight is 301 g/mol. The van der Waals surface area contributed by atoms with Crippen LogP contribution in [0.5, 0.6) is 0 Å². The van der Waals surface area contributed by atoms with Crippen molar-refractivity contribution in [1.82, 2.24) is 44.8 Å². The van der Waals surface area contributed by atoms with Gasteiger partial charge in [0.25, 0.3) is 0 Å². The fourth-order valence-corrected chi connectivity index (χ4v) is 2.33. The zero-order valence-corrected chi connectivity index (χ0v) is 13.0. The van der Waals surface area contributed by atoms with Gasteiger partial charge in [0.2, 0.25) is 0 Å². The van der Waals surface area contributed by atoms with Crippen LogP contribution in [0.3, 0.4) is 0 Å². The largest absolute Gasteiger partial charge is 0.272 e. The summed E-state index contributed by atoms with van der Waals surface area (Å²) in [7, 11) is 3.71. The average Bonchev–Trinajstić information content (AvgIpc) is 3.16. The molecule has 9 nitrogen and oxygen atoms in total. The highest BCUT2D eigenvalue weighted by molar-refractivity contribution is 5.09. The van der Waals surface area contributed by atoms with Crippen LogP contribution < -0.4 is 0 Å². The smallest absolute Gasteiger partial charge is 0.176 e. The SMILES string of the molecule is Cc1cc(CCc2ncn(CCc3nnn(C)n3)n2)n(C)n1. The second-order valence-corrected chi connectivity index (χ2v) is 5.27. The molecule has 0 saturated carbocycles. The standard InChI is InChI=1S/C13H19N9/c1-10-8-11(20(2)16-10)4-5-12-14-9-22(18-12)7-6-13-15-19-21(3)17-13/h8-9H,4-7H2,1-3H3. The highest BCUT2D eigenvalue weighted by Gasteiger charge is 2.07. The molecule has 9 heteroatoms. The minimum absolute atomic E-state index is 0.692. The zero-order chi connectivity index (χ0) is 15.5. The maximum atomic E-state index is 4.48. The molecule has 0 aliphatic rings. The van der Waals surface area contributed by atoms with E-state index in [4.69, 9.17) is 0 Å².